The molecule has 25 heavy (non-hydrogen) atoms. The summed E-state index contributed by atoms with van der Waals surface area (Å²) in [6.07, 6.45) is 7.44. The Morgan fingerprint density at radius 3 is 2.92 bits per heavy atom. The highest BCUT2D eigenvalue weighted by Crippen LogP contribution is 2.32. The second kappa shape index (κ2) is 6.16. The maximum atomic E-state index is 12.9. The summed E-state index contributed by atoms with van der Waals surface area (Å²) in [7, 11) is 1.89. The standard InChI is InChI=1S/C18H20N6O/c1-13-5-3-6-15(9-13)24-12-16(20-21-24)18(25)23-8-4-7-17(23)14-10-19-22(2)11-14/h3,5-6,9-12,17H,4,7-8H2,1-2H3/t17-/m0/s1. The van der Waals surface area contributed by atoms with Gasteiger partial charge >= 0.3 is 0 Å². The number of carbonyl (C=O) groups excluding carboxylic acids is 1. The summed E-state index contributed by atoms with van der Waals surface area (Å²) in [5.74, 6) is -0.0785. The molecule has 1 fully saturated rings. The molecule has 0 saturated carbocycles. The van der Waals surface area contributed by atoms with E-state index in [-0.39, 0.29) is 11.9 Å². The Balaban J connectivity index is 1.58. The minimum Gasteiger partial charge on any atom is -0.330 e. The molecule has 1 atom stereocenters. The molecule has 0 N–H and O–H groups in total. The van der Waals surface area contributed by atoms with Crippen LogP contribution in [0.25, 0.3) is 5.69 Å². The first-order valence-electron chi connectivity index (χ1n) is 8.41. The predicted molar refractivity (Wildman–Crippen MR) is 92.3 cm³/mol. The second-order valence-corrected chi connectivity index (χ2v) is 6.49. The van der Waals surface area contributed by atoms with Crippen LogP contribution in [0, 0.1) is 6.92 Å². The lowest BCUT2D eigenvalue weighted by Crippen LogP contribution is -2.30. The van der Waals surface area contributed by atoms with Gasteiger partial charge in [-0.2, -0.15) is 5.10 Å². The molecular formula is C18H20N6O. The lowest BCUT2D eigenvalue weighted by molar-refractivity contribution is 0.0729. The maximum Gasteiger partial charge on any atom is 0.276 e. The second-order valence-electron chi connectivity index (χ2n) is 6.49. The van der Waals surface area contributed by atoms with Gasteiger partial charge in [-0.15, -0.1) is 5.10 Å². The average molecular weight is 336 g/mol. The topological polar surface area (TPSA) is 68.8 Å². The molecule has 7 nitrogen and oxygen atoms in total. The fraction of sp³-hybridized carbons (Fsp3) is 0.333. The highest BCUT2D eigenvalue weighted by atomic mass is 16.2. The number of rotatable bonds is 3. The van der Waals surface area contributed by atoms with Gasteiger partial charge in [0.25, 0.3) is 5.91 Å². The molecule has 0 aliphatic carbocycles. The van der Waals surface area contributed by atoms with Crippen molar-refractivity contribution in [1.82, 2.24) is 29.7 Å². The molecule has 1 amide bonds. The summed E-state index contributed by atoms with van der Waals surface area (Å²) >= 11 is 0. The molecule has 128 valence electrons. The van der Waals surface area contributed by atoms with Gasteiger partial charge in [-0.1, -0.05) is 17.3 Å². The van der Waals surface area contributed by atoms with Crippen LogP contribution in [0.5, 0.6) is 0 Å². The highest BCUT2D eigenvalue weighted by molar-refractivity contribution is 5.92. The molecular weight excluding hydrogens is 316 g/mol. The molecule has 0 bridgehead atoms. The van der Waals surface area contributed by atoms with Crippen molar-refractivity contribution in [2.45, 2.75) is 25.8 Å². The molecule has 0 spiro atoms. The smallest absolute Gasteiger partial charge is 0.276 e. The Kier molecular flexibility index (Phi) is 3.83. The first-order chi connectivity index (χ1) is 12.1. The van der Waals surface area contributed by atoms with Crippen LogP contribution in [0.15, 0.2) is 42.9 Å². The van der Waals surface area contributed by atoms with E-state index >= 15 is 0 Å². The average Bonchev–Trinajstić information content (AvgIpc) is 3.34. The van der Waals surface area contributed by atoms with Crippen LogP contribution in [0.3, 0.4) is 0 Å². The molecule has 7 heteroatoms. The van der Waals surface area contributed by atoms with E-state index in [1.807, 2.05) is 55.5 Å². The van der Waals surface area contributed by atoms with E-state index in [1.54, 1.807) is 15.6 Å². The van der Waals surface area contributed by atoms with Crippen LogP contribution in [0.2, 0.25) is 0 Å². The molecule has 1 aromatic carbocycles. The molecule has 0 unspecified atom stereocenters. The van der Waals surface area contributed by atoms with Crippen molar-refractivity contribution in [2.24, 2.45) is 7.05 Å². The normalized spacial score (nSPS) is 17.2. The van der Waals surface area contributed by atoms with Crippen LogP contribution < -0.4 is 0 Å². The minimum absolute atomic E-state index is 0.0605. The Morgan fingerprint density at radius 2 is 2.16 bits per heavy atom. The van der Waals surface area contributed by atoms with Gasteiger partial charge in [-0.25, -0.2) is 4.68 Å². The van der Waals surface area contributed by atoms with E-state index < -0.39 is 0 Å². The van der Waals surface area contributed by atoms with Gasteiger partial charge in [0.1, 0.15) is 0 Å². The third-order valence-corrected chi connectivity index (χ3v) is 4.60. The predicted octanol–water partition coefficient (Wildman–Crippen LogP) is 2.29. The molecule has 3 aromatic rings. The number of hydrogen-bond acceptors (Lipinski definition) is 4. The van der Waals surface area contributed by atoms with E-state index in [0.29, 0.717) is 5.69 Å². The first kappa shape index (κ1) is 15.6. The summed E-state index contributed by atoms with van der Waals surface area (Å²) in [6.45, 7) is 2.75. The summed E-state index contributed by atoms with van der Waals surface area (Å²) in [5, 5.41) is 12.5. The zero-order valence-electron chi connectivity index (χ0n) is 14.3. The van der Waals surface area contributed by atoms with Gasteiger partial charge in [0.05, 0.1) is 24.1 Å². The van der Waals surface area contributed by atoms with Gasteiger partial charge in [-0.3, -0.25) is 9.48 Å². The molecule has 0 radical (unpaired) electrons. The van der Waals surface area contributed by atoms with Gasteiger partial charge in [0.15, 0.2) is 5.69 Å². The van der Waals surface area contributed by atoms with Crippen LogP contribution in [0.1, 0.15) is 40.5 Å². The SMILES string of the molecule is Cc1cccc(-n2cc(C(=O)N3CCC[C@H]3c3cnn(C)c3)nn2)c1. The van der Waals surface area contributed by atoms with E-state index in [2.05, 4.69) is 15.4 Å². The van der Waals surface area contributed by atoms with Gasteiger partial charge < -0.3 is 4.90 Å². The molecule has 1 aliphatic heterocycles. The van der Waals surface area contributed by atoms with Crippen molar-refractivity contribution in [3.8, 4) is 5.69 Å². The number of likely N-dealkylation sites (tertiary alicyclic amines) is 1. The Bertz CT molecular complexity index is 912. The van der Waals surface area contributed by atoms with Crippen LogP contribution in [-0.4, -0.2) is 42.1 Å². The summed E-state index contributed by atoms with van der Waals surface area (Å²) in [6, 6.07) is 8.01. The number of nitrogens with zero attached hydrogens (tertiary/aromatic N) is 6. The number of benzene rings is 1. The maximum absolute atomic E-state index is 12.9. The third-order valence-electron chi connectivity index (χ3n) is 4.60. The van der Waals surface area contributed by atoms with E-state index in [1.165, 1.54) is 0 Å². The summed E-state index contributed by atoms with van der Waals surface area (Å²) in [5.41, 5.74) is 3.48. The van der Waals surface area contributed by atoms with Gasteiger partial charge in [0.2, 0.25) is 0 Å². The van der Waals surface area contributed by atoms with Crippen molar-refractivity contribution >= 4 is 5.91 Å². The number of hydrogen-bond donors (Lipinski definition) is 0. The Morgan fingerprint density at radius 1 is 1.28 bits per heavy atom. The highest BCUT2D eigenvalue weighted by Gasteiger charge is 2.32. The molecule has 1 saturated heterocycles. The quantitative estimate of drug-likeness (QED) is 0.736. The van der Waals surface area contributed by atoms with Gasteiger partial charge in [-0.05, 0) is 37.5 Å². The Labute approximate surface area is 145 Å². The van der Waals surface area contributed by atoms with E-state index in [9.17, 15) is 4.79 Å². The van der Waals surface area contributed by atoms with Crippen molar-refractivity contribution < 1.29 is 4.79 Å². The molecule has 4 rings (SSSR count). The lowest BCUT2D eigenvalue weighted by Gasteiger charge is -2.22. The zero-order valence-corrected chi connectivity index (χ0v) is 14.3. The largest absolute Gasteiger partial charge is 0.330 e. The number of aryl methyl sites for hydroxylation is 2. The van der Waals surface area contributed by atoms with Crippen LogP contribution in [-0.2, 0) is 7.05 Å². The van der Waals surface area contributed by atoms with Crippen LogP contribution >= 0.6 is 0 Å². The first-order valence-corrected chi connectivity index (χ1v) is 8.41. The minimum atomic E-state index is -0.0785. The fourth-order valence-electron chi connectivity index (χ4n) is 3.37. The van der Waals surface area contributed by atoms with Crippen molar-refractivity contribution in [3.63, 3.8) is 0 Å². The third kappa shape index (κ3) is 2.93. The zero-order chi connectivity index (χ0) is 17.4. The van der Waals surface area contributed by atoms with Crippen LogP contribution in [0.4, 0.5) is 0 Å². The molecule has 1 aliphatic rings. The van der Waals surface area contributed by atoms with E-state index in [4.69, 9.17) is 0 Å². The fourth-order valence-corrected chi connectivity index (χ4v) is 3.37. The monoisotopic (exact) mass is 336 g/mol. The molecule has 3 heterocycles. The number of aromatic nitrogens is 5. The lowest BCUT2D eigenvalue weighted by atomic mass is 10.1. The number of amides is 1. The van der Waals surface area contributed by atoms with Crippen molar-refractivity contribution in [1.29, 1.82) is 0 Å². The van der Waals surface area contributed by atoms with Gasteiger partial charge in [0, 0.05) is 25.4 Å². The Hall–Kier alpha value is -2.96. The molecule has 2 aromatic heterocycles. The summed E-state index contributed by atoms with van der Waals surface area (Å²) < 4.78 is 3.42. The van der Waals surface area contributed by atoms with E-state index in [0.717, 1.165) is 36.2 Å². The van der Waals surface area contributed by atoms with Crippen molar-refractivity contribution in [2.75, 3.05) is 6.54 Å². The van der Waals surface area contributed by atoms with Crippen molar-refractivity contribution in [3.05, 3.63) is 59.7 Å². The number of carbonyl (C=O) groups is 1. The summed E-state index contributed by atoms with van der Waals surface area (Å²) in [4.78, 5) is 14.8.